The van der Waals surface area contributed by atoms with Crippen LogP contribution in [0.3, 0.4) is 0 Å². The molecule has 2 aliphatic rings. The van der Waals surface area contributed by atoms with Gasteiger partial charge in [-0.3, -0.25) is 57.7 Å². The van der Waals surface area contributed by atoms with Crippen LogP contribution in [0.15, 0.2) is 35.3 Å². The van der Waals surface area contributed by atoms with E-state index in [2.05, 4.69) is 52.8 Å². The van der Waals surface area contributed by atoms with E-state index in [1.807, 2.05) is 37.3 Å². The molecule has 0 unspecified atom stereocenters. The standard InChI is InChI=1S/C62H100N12O15/c1-12-32(6)42(28-46(77)43(22-23-49(63)80)69-55(82)39(30-75)25-48(79)51(34(8)14-3)72-58(85)44(65-11)24-37-20-18-17-19-21-37)57(84)71-50(33(7)13-2)47(78)26-40(31-76)56(83)73-52-36(10)89-61(88)53(38(15-4)16-5)74-59(86)45(27-41-29-66-62(64)68-41)70-54(81)35(9)67-60(52)87/h17-21,32-36,38-45,50-53,65,75-76H,12-16,22-31H2,1-11H3,(H2,63,80)(H,67,87)(H,69,82)(H,70,81)(H,71,84)(H,72,85)(H,73,83)(H,74,86)(H3,64,66,68)/t32-,33-,34-,35-,36-,39-,40-,41-,42+,43+,44+,45-,50-,51-,52+,53-/m0/s1. The molecule has 27 nitrogen and oxygen atoms in total. The SMILES string of the molecule is CCC(CC)[C@@H]1NC(=O)[C@H](C[C@H]2CN=C(N)N2)NC(=O)[C@H](C)NC(=O)[C@H](NC(=O)[C@H](CO)CC(=O)[C@@H](NC(=O)[C@H](CC(=O)[C@@H](CCC(N)=O)NC(=O)[C@H](CO)CC(=O)[C@@H](NC(=O)[C@@H](Cc2ccccc2)NC)[C@@H](C)CC)[C@@H](C)CC)[C@@H](C)CC)[C@H](C)OC1=O. The molecule has 1 aromatic rings. The Morgan fingerprint density at radius 1 is 0.663 bits per heavy atom. The molecule has 1 fully saturated rings. The minimum absolute atomic E-state index is 0.00380. The lowest BCUT2D eigenvalue weighted by atomic mass is 9.83. The van der Waals surface area contributed by atoms with Crippen molar-refractivity contribution in [3.05, 3.63) is 35.9 Å². The van der Waals surface area contributed by atoms with Crippen LogP contribution >= 0.6 is 0 Å². The average molecular weight is 1250 g/mol. The molecule has 0 saturated carbocycles. The normalized spacial score (nSPS) is 22.4. The molecule has 1 saturated heterocycles. The number of rotatable bonds is 36. The summed E-state index contributed by atoms with van der Waals surface area (Å²) in [6.45, 7) is 15.2. The van der Waals surface area contributed by atoms with Crippen molar-refractivity contribution in [2.24, 2.45) is 57.9 Å². The van der Waals surface area contributed by atoms with E-state index in [1.165, 1.54) is 13.8 Å². The number of likely N-dealkylation sites (N-methyl/N-ethyl adjacent to an activating group) is 1. The number of Topliss-reactive ketones (excluding diaryl/α,β-unsaturated/α-hetero) is 3. The fourth-order valence-electron chi connectivity index (χ4n) is 10.7. The number of aliphatic imine (C=N–C) groups is 1. The molecule has 89 heavy (non-hydrogen) atoms. The Morgan fingerprint density at radius 2 is 1.22 bits per heavy atom. The molecule has 3 rings (SSSR count). The zero-order valence-corrected chi connectivity index (χ0v) is 53.6. The first-order chi connectivity index (χ1) is 42.1. The number of aliphatic hydroxyl groups excluding tert-OH is 2. The summed E-state index contributed by atoms with van der Waals surface area (Å²) in [6, 6.07) is -1.20. The number of nitrogens with one attached hydrogen (secondary N) is 9. The van der Waals surface area contributed by atoms with Crippen molar-refractivity contribution in [1.82, 2.24) is 47.9 Å². The van der Waals surface area contributed by atoms with E-state index >= 15 is 0 Å². The van der Waals surface area contributed by atoms with Crippen molar-refractivity contribution in [3.63, 3.8) is 0 Å². The third-order valence-corrected chi connectivity index (χ3v) is 17.4. The van der Waals surface area contributed by atoms with Crippen molar-refractivity contribution < 1.29 is 72.5 Å². The zero-order valence-electron chi connectivity index (χ0n) is 53.6. The number of amides is 8. The van der Waals surface area contributed by atoms with Crippen molar-refractivity contribution in [2.45, 2.75) is 207 Å². The molecule has 498 valence electrons. The molecule has 0 aliphatic carbocycles. The minimum atomic E-state index is -1.72. The van der Waals surface area contributed by atoms with E-state index < -0.39 is 199 Å². The minimum Gasteiger partial charge on any atom is -0.458 e. The van der Waals surface area contributed by atoms with Crippen molar-refractivity contribution in [2.75, 3.05) is 26.8 Å². The van der Waals surface area contributed by atoms with E-state index in [0.29, 0.717) is 38.5 Å². The first-order valence-corrected chi connectivity index (χ1v) is 31.3. The van der Waals surface area contributed by atoms with Crippen molar-refractivity contribution >= 4 is 76.5 Å². The molecule has 8 amide bonds. The number of guanidine groups is 1. The molecule has 1 aromatic carbocycles. The number of hydrogen-bond acceptors (Lipinski definition) is 19. The Hall–Kier alpha value is -7.39. The van der Waals surface area contributed by atoms with E-state index in [-0.39, 0.29) is 37.7 Å². The van der Waals surface area contributed by atoms with Gasteiger partial charge in [-0.25, -0.2) is 4.79 Å². The summed E-state index contributed by atoms with van der Waals surface area (Å²) in [7, 11) is 1.62. The number of ketones is 3. The van der Waals surface area contributed by atoms with Gasteiger partial charge in [0.15, 0.2) is 23.3 Å². The summed E-state index contributed by atoms with van der Waals surface area (Å²) >= 11 is 0. The maximum Gasteiger partial charge on any atom is 0.329 e. The first kappa shape index (κ1) is 75.9. The highest BCUT2D eigenvalue weighted by Gasteiger charge is 2.42. The molecule has 16 atom stereocenters. The van der Waals surface area contributed by atoms with Gasteiger partial charge in [0.2, 0.25) is 47.3 Å². The van der Waals surface area contributed by atoms with Crippen LogP contribution in [0.1, 0.15) is 145 Å². The molecule has 15 N–H and O–H groups in total. The van der Waals surface area contributed by atoms with E-state index in [0.717, 1.165) is 5.56 Å². The van der Waals surface area contributed by atoms with Gasteiger partial charge in [0.25, 0.3) is 0 Å². The molecule has 0 radical (unpaired) electrons. The van der Waals surface area contributed by atoms with Gasteiger partial charge in [0.05, 0.1) is 61.8 Å². The van der Waals surface area contributed by atoms with Gasteiger partial charge >= 0.3 is 5.97 Å². The highest BCUT2D eigenvalue weighted by Crippen LogP contribution is 2.25. The Balaban J connectivity index is 1.86. The number of aliphatic hydroxyl groups is 2. The number of cyclic esters (lactones) is 1. The number of carbonyl (C=O) groups excluding carboxylic acids is 12. The first-order valence-electron chi connectivity index (χ1n) is 31.3. The molecule has 2 heterocycles. The van der Waals surface area contributed by atoms with E-state index in [1.54, 1.807) is 55.5 Å². The fraction of sp³-hybridized carbons (Fsp3) is 0.694. The van der Waals surface area contributed by atoms with Gasteiger partial charge in [-0.2, -0.15) is 0 Å². The van der Waals surface area contributed by atoms with Crippen LogP contribution in [0.25, 0.3) is 0 Å². The third kappa shape index (κ3) is 23.2. The summed E-state index contributed by atoms with van der Waals surface area (Å²) in [5.41, 5.74) is 12.2. The van der Waals surface area contributed by atoms with Gasteiger partial charge < -0.3 is 74.3 Å². The Labute approximate surface area is 522 Å². The fourth-order valence-corrected chi connectivity index (χ4v) is 10.7. The van der Waals surface area contributed by atoms with Crippen LogP contribution in [0.2, 0.25) is 0 Å². The van der Waals surface area contributed by atoms with Crippen molar-refractivity contribution in [3.8, 4) is 0 Å². The number of nitrogens with two attached hydrogens (primary N) is 2. The number of hydrogen-bond donors (Lipinski definition) is 13. The van der Waals surface area contributed by atoms with Gasteiger partial charge in [-0.05, 0) is 69.4 Å². The quantitative estimate of drug-likeness (QED) is 0.0373. The summed E-state index contributed by atoms with van der Waals surface area (Å²) in [6.07, 6.45) is -1.59. The highest BCUT2D eigenvalue weighted by atomic mass is 16.5. The number of primary amides is 1. The second kappa shape index (κ2) is 37.6. The molecular weight excluding hydrogens is 1150 g/mol. The summed E-state index contributed by atoms with van der Waals surface area (Å²) in [5, 5.41) is 45.7. The van der Waals surface area contributed by atoms with Crippen LogP contribution in [0.4, 0.5) is 0 Å². The topological polar surface area (TPSA) is 427 Å². The molecule has 2 aliphatic heterocycles. The van der Waals surface area contributed by atoms with E-state index in [4.69, 9.17) is 16.2 Å². The number of esters is 1. The second-order valence-corrected chi connectivity index (χ2v) is 23.9. The monoisotopic (exact) mass is 1250 g/mol. The van der Waals surface area contributed by atoms with Crippen LogP contribution in [-0.4, -0.2) is 174 Å². The third-order valence-electron chi connectivity index (χ3n) is 17.4. The van der Waals surface area contributed by atoms with Gasteiger partial charge in [-0.15, -0.1) is 0 Å². The van der Waals surface area contributed by atoms with Crippen LogP contribution in [0.5, 0.6) is 0 Å². The second-order valence-electron chi connectivity index (χ2n) is 23.9. The summed E-state index contributed by atoms with van der Waals surface area (Å²) < 4.78 is 5.82. The maximum absolute atomic E-state index is 14.5. The van der Waals surface area contributed by atoms with E-state index in [9.17, 15) is 67.7 Å². The van der Waals surface area contributed by atoms with Crippen LogP contribution in [0, 0.1) is 41.4 Å². The molecule has 0 bridgehead atoms. The highest BCUT2D eigenvalue weighted by molar-refractivity contribution is 5.99. The number of nitrogens with zero attached hydrogens (tertiary/aromatic N) is 1. The smallest absolute Gasteiger partial charge is 0.329 e. The Kier molecular flexibility index (Phi) is 32.0. The lowest BCUT2D eigenvalue weighted by Gasteiger charge is -2.31. The Bertz CT molecular complexity index is 2620. The predicted molar refractivity (Wildman–Crippen MR) is 330 cm³/mol. The van der Waals surface area contributed by atoms with Gasteiger partial charge in [0, 0.05) is 31.6 Å². The molecule has 0 spiro atoms. The lowest BCUT2D eigenvalue weighted by Crippen LogP contribution is -2.59. The van der Waals surface area contributed by atoms with Gasteiger partial charge in [-0.1, -0.05) is 118 Å². The number of ether oxygens (including phenoxy) is 1. The van der Waals surface area contributed by atoms with Crippen molar-refractivity contribution in [1.29, 1.82) is 0 Å². The molecular formula is C62H100N12O15. The lowest BCUT2D eigenvalue weighted by molar-refractivity contribution is -0.157. The molecule has 27 heteroatoms. The number of carbonyl (C=O) groups is 12. The molecule has 0 aromatic heterocycles. The van der Waals surface area contributed by atoms with Crippen LogP contribution in [-0.2, 0) is 68.7 Å². The number of benzene rings is 1. The summed E-state index contributed by atoms with van der Waals surface area (Å²) in [5.74, 6) is -15.2. The maximum atomic E-state index is 14.5. The van der Waals surface area contributed by atoms with Crippen LogP contribution < -0.4 is 59.3 Å². The predicted octanol–water partition coefficient (Wildman–Crippen LogP) is -0.597. The average Bonchev–Trinajstić information content (AvgIpc) is 2.84. The van der Waals surface area contributed by atoms with Gasteiger partial charge in [0.1, 0.15) is 30.3 Å². The largest absolute Gasteiger partial charge is 0.458 e. The summed E-state index contributed by atoms with van der Waals surface area (Å²) in [4.78, 5) is 171. The zero-order chi connectivity index (χ0) is 66.8. The Morgan fingerprint density at radius 3 is 1.73 bits per heavy atom.